The molecule has 32 heavy (non-hydrogen) atoms. The van der Waals surface area contributed by atoms with Crippen molar-refractivity contribution in [2.24, 2.45) is 5.92 Å². The average Bonchev–Trinajstić information content (AvgIpc) is 2.84. The van der Waals surface area contributed by atoms with Gasteiger partial charge in [0.2, 0.25) is 11.8 Å². The number of piperidine rings is 2. The molecule has 0 unspecified atom stereocenters. The van der Waals surface area contributed by atoms with E-state index in [1.54, 1.807) is 14.2 Å². The van der Waals surface area contributed by atoms with E-state index in [1.807, 2.05) is 28.0 Å². The molecule has 1 spiro atoms. The molecule has 0 radical (unpaired) electrons. The maximum absolute atomic E-state index is 13.1. The first-order valence-corrected chi connectivity index (χ1v) is 11.9. The van der Waals surface area contributed by atoms with Gasteiger partial charge in [-0.25, -0.2) is 0 Å². The number of carbonyl (C=O) groups is 2. The van der Waals surface area contributed by atoms with E-state index in [4.69, 9.17) is 14.2 Å². The summed E-state index contributed by atoms with van der Waals surface area (Å²) in [6, 6.07) is 5.51. The van der Waals surface area contributed by atoms with Crippen molar-refractivity contribution in [2.75, 3.05) is 47.0 Å². The topological polar surface area (TPSA) is 68.3 Å². The van der Waals surface area contributed by atoms with Crippen LogP contribution in [0.25, 0.3) is 0 Å². The van der Waals surface area contributed by atoms with E-state index >= 15 is 0 Å². The predicted molar refractivity (Wildman–Crippen MR) is 121 cm³/mol. The van der Waals surface area contributed by atoms with Crippen molar-refractivity contribution in [3.8, 4) is 11.5 Å². The number of rotatable bonds is 5. The average molecular weight is 445 g/mol. The lowest BCUT2D eigenvalue weighted by molar-refractivity contribution is -0.149. The normalized spacial score (nSPS) is 21.4. The first-order valence-electron chi connectivity index (χ1n) is 11.9. The van der Waals surface area contributed by atoms with Gasteiger partial charge in [0.25, 0.3) is 0 Å². The lowest BCUT2D eigenvalue weighted by atomic mass is 9.84. The molecular weight excluding hydrogens is 408 g/mol. The molecule has 0 aromatic heterocycles. The van der Waals surface area contributed by atoms with Crippen molar-refractivity contribution in [2.45, 2.75) is 57.0 Å². The highest BCUT2D eigenvalue weighted by Crippen LogP contribution is 2.35. The van der Waals surface area contributed by atoms with Crippen molar-refractivity contribution < 1.29 is 23.8 Å². The summed E-state index contributed by atoms with van der Waals surface area (Å²) < 4.78 is 16.8. The largest absolute Gasteiger partial charge is 0.497 e. The van der Waals surface area contributed by atoms with Crippen LogP contribution in [0.15, 0.2) is 18.2 Å². The van der Waals surface area contributed by atoms with Crippen LogP contribution in [0.4, 0.5) is 0 Å². The molecule has 3 fully saturated rings. The van der Waals surface area contributed by atoms with Gasteiger partial charge in [-0.05, 0) is 63.1 Å². The van der Waals surface area contributed by atoms with Gasteiger partial charge in [-0.15, -0.1) is 0 Å². The highest BCUT2D eigenvalue weighted by Gasteiger charge is 2.39. The van der Waals surface area contributed by atoms with Gasteiger partial charge in [0, 0.05) is 44.3 Å². The summed E-state index contributed by atoms with van der Waals surface area (Å²) in [6.07, 6.45) is 7.18. The minimum Gasteiger partial charge on any atom is -0.497 e. The Balaban J connectivity index is 1.27. The van der Waals surface area contributed by atoms with Gasteiger partial charge in [-0.1, -0.05) is 0 Å². The van der Waals surface area contributed by atoms with E-state index < -0.39 is 0 Å². The summed E-state index contributed by atoms with van der Waals surface area (Å²) in [4.78, 5) is 29.9. The molecule has 3 aliphatic rings. The molecule has 3 heterocycles. The standard InChI is InChI=1S/C25H36N2O5/c1-30-21-5-6-22(31-2)20(17-21)18-23(28)26-12-7-19(8-13-26)24(29)27-14-10-25(11-15-27)9-3-4-16-32-25/h5-6,17,19H,3-4,7-16,18H2,1-2H3. The van der Waals surface area contributed by atoms with Crippen molar-refractivity contribution in [1.82, 2.24) is 9.80 Å². The highest BCUT2D eigenvalue weighted by molar-refractivity contribution is 5.81. The number of methoxy groups -OCH3 is 2. The van der Waals surface area contributed by atoms with Crippen molar-refractivity contribution in [3.05, 3.63) is 23.8 Å². The zero-order valence-electron chi connectivity index (χ0n) is 19.4. The number of nitrogens with zero attached hydrogens (tertiary/aromatic N) is 2. The fraction of sp³-hybridized carbons (Fsp3) is 0.680. The van der Waals surface area contributed by atoms with Crippen LogP contribution in [0.2, 0.25) is 0 Å². The number of carbonyl (C=O) groups excluding carboxylic acids is 2. The fourth-order valence-electron chi connectivity index (χ4n) is 5.37. The molecule has 4 rings (SSSR count). The molecule has 0 aliphatic carbocycles. The summed E-state index contributed by atoms with van der Waals surface area (Å²) in [7, 11) is 3.22. The summed E-state index contributed by atoms with van der Waals surface area (Å²) in [5.74, 6) is 1.75. The zero-order valence-corrected chi connectivity index (χ0v) is 19.4. The second-order valence-electron chi connectivity index (χ2n) is 9.32. The molecule has 0 bridgehead atoms. The maximum atomic E-state index is 13.1. The Bertz CT molecular complexity index is 803. The summed E-state index contributed by atoms with van der Waals surface area (Å²) in [5, 5.41) is 0. The van der Waals surface area contributed by atoms with Gasteiger partial charge in [0.05, 0.1) is 26.2 Å². The smallest absolute Gasteiger partial charge is 0.227 e. The van der Waals surface area contributed by atoms with Crippen molar-refractivity contribution in [3.63, 3.8) is 0 Å². The Morgan fingerprint density at radius 3 is 2.38 bits per heavy atom. The fourth-order valence-corrected chi connectivity index (χ4v) is 5.37. The van der Waals surface area contributed by atoms with E-state index in [0.29, 0.717) is 24.6 Å². The number of likely N-dealkylation sites (tertiary alicyclic amines) is 2. The third-order valence-corrected chi connectivity index (χ3v) is 7.45. The summed E-state index contributed by atoms with van der Waals surface area (Å²) in [6.45, 7) is 3.72. The van der Waals surface area contributed by atoms with Crippen LogP contribution < -0.4 is 9.47 Å². The van der Waals surface area contributed by atoms with E-state index in [9.17, 15) is 9.59 Å². The Kier molecular flexibility index (Phi) is 7.23. The molecule has 0 saturated carbocycles. The molecule has 7 heteroatoms. The number of amides is 2. The van der Waals surface area contributed by atoms with Gasteiger partial charge in [-0.2, -0.15) is 0 Å². The predicted octanol–water partition coefficient (Wildman–Crippen LogP) is 3.05. The van der Waals surface area contributed by atoms with Gasteiger partial charge < -0.3 is 24.0 Å². The monoisotopic (exact) mass is 444 g/mol. The molecular formula is C25H36N2O5. The molecule has 1 aromatic carbocycles. The van der Waals surface area contributed by atoms with Crippen LogP contribution in [0.1, 0.15) is 50.5 Å². The third-order valence-electron chi connectivity index (χ3n) is 7.45. The third kappa shape index (κ3) is 5.03. The first-order chi connectivity index (χ1) is 15.5. The van der Waals surface area contributed by atoms with Crippen LogP contribution in [0, 0.1) is 5.92 Å². The van der Waals surface area contributed by atoms with Crippen molar-refractivity contribution >= 4 is 11.8 Å². The summed E-state index contributed by atoms with van der Waals surface area (Å²) >= 11 is 0. The quantitative estimate of drug-likeness (QED) is 0.698. The zero-order chi connectivity index (χ0) is 22.6. The molecule has 176 valence electrons. The van der Waals surface area contributed by atoms with Crippen LogP contribution >= 0.6 is 0 Å². The van der Waals surface area contributed by atoms with Crippen LogP contribution in [0.3, 0.4) is 0 Å². The molecule has 1 aromatic rings. The number of ether oxygens (including phenoxy) is 3. The van der Waals surface area contributed by atoms with Gasteiger partial charge in [-0.3, -0.25) is 9.59 Å². The van der Waals surface area contributed by atoms with Gasteiger partial charge in [0.1, 0.15) is 11.5 Å². The number of benzene rings is 1. The number of hydrogen-bond acceptors (Lipinski definition) is 5. The summed E-state index contributed by atoms with van der Waals surface area (Å²) in [5.41, 5.74) is 0.841. The van der Waals surface area contributed by atoms with Crippen molar-refractivity contribution in [1.29, 1.82) is 0 Å². The molecule has 3 saturated heterocycles. The molecule has 2 amide bonds. The second-order valence-corrected chi connectivity index (χ2v) is 9.32. The van der Waals surface area contributed by atoms with E-state index in [0.717, 1.165) is 63.8 Å². The SMILES string of the molecule is COc1ccc(OC)c(CC(=O)N2CCC(C(=O)N3CCC4(CCCCO4)CC3)CC2)c1. The van der Waals surface area contributed by atoms with Crippen LogP contribution in [-0.4, -0.2) is 74.2 Å². The van der Waals surface area contributed by atoms with Crippen LogP contribution in [-0.2, 0) is 20.7 Å². The molecule has 0 atom stereocenters. The number of hydrogen-bond donors (Lipinski definition) is 0. The Morgan fingerprint density at radius 2 is 1.75 bits per heavy atom. The van der Waals surface area contributed by atoms with E-state index in [2.05, 4.69) is 0 Å². The van der Waals surface area contributed by atoms with Gasteiger partial charge in [0.15, 0.2) is 0 Å². The Morgan fingerprint density at radius 1 is 1.00 bits per heavy atom. The highest BCUT2D eigenvalue weighted by atomic mass is 16.5. The maximum Gasteiger partial charge on any atom is 0.227 e. The molecule has 3 aliphatic heterocycles. The lowest BCUT2D eigenvalue weighted by Crippen LogP contribution is -2.52. The van der Waals surface area contributed by atoms with Gasteiger partial charge >= 0.3 is 0 Å². The Hall–Kier alpha value is -2.28. The first kappa shape index (κ1) is 22.9. The van der Waals surface area contributed by atoms with Crippen LogP contribution in [0.5, 0.6) is 11.5 Å². The second kappa shape index (κ2) is 10.1. The minimum atomic E-state index is 0.0198. The lowest BCUT2D eigenvalue weighted by Gasteiger charge is -2.45. The Labute approximate surface area is 191 Å². The molecule has 0 N–H and O–H groups in total. The van der Waals surface area contributed by atoms with E-state index in [-0.39, 0.29) is 29.8 Å². The molecule has 7 nitrogen and oxygen atoms in total. The van der Waals surface area contributed by atoms with E-state index in [1.165, 1.54) is 6.42 Å². The minimum absolute atomic E-state index is 0.0198.